The third kappa shape index (κ3) is 2.88. The van der Waals surface area contributed by atoms with Gasteiger partial charge in [0, 0.05) is 5.56 Å². The summed E-state index contributed by atoms with van der Waals surface area (Å²) in [6.45, 7) is 6.51. The molecule has 3 heteroatoms. The van der Waals surface area contributed by atoms with Gasteiger partial charge in [0.05, 0.1) is 9.26 Å². The van der Waals surface area contributed by atoms with E-state index in [1.54, 1.807) is 6.07 Å². The molecule has 1 heterocycles. The minimum atomic E-state index is -0.409. The van der Waals surface area contributed by atoms with E-state index in [0.29, 0.717) is 9.26 Å². The topological polar surface area (TPSA) is 12.9 Å². The highest BCUT2D eigenvalue weighted by Gasteiger charge is 2.13. The van der Waals surface area contributed by atoms with Crippen molar-refractivity contribution < 1.29 is 4.39 Å². The van der Waals surface area contributed by atoms with Crippen LogP contribution in [0.15, 0.2) is 36.4 Å². The van der Waals surface area contributed by atoms with Crippen molar-refractivity contribution in [3.05, 3.63) is 51.5 Å². The molecule has 0 aliphatic heterocycles. The maximum absolute atomic E-state index is 13.4. The molecular weight excluding hydrogens is 340 g/mol. The van der Waals surface area contributed by atoms with Crippen molar-refractivity contribution in [3.8, 4) is 11.3 Å². The monoisotopic (exact) mass is 355 g/mol. The van der Waals surface area contributed by atoms with Gasteiger partial charge in [-0.3, -0.25) is 0 Å². The summed E-state index contributed by atoms with van der Waals surface area (Å²) < 4.78 is 14.0. The molecule has 2 aromatic rings. The molecule has 0 fully saturated rings. The first-order valence-corrected chi connectivity index (χ1v) is 6.89. The summed E-state index contributed by atoms with van der Waals surface area (Å²) in [4.78, 5) is 3.96. The standard InChI is InChI=1S/C15H15FIN/c1-15(2,3)11-6-4-10(5-7-11)13-9-8-12(17)14(16)18-13/h4-9H,1-3H3. The molecule has 0 N–H and O–H groups in total. The summed E-state index contributed by atoms with van der Waals surface area (Å²) in [6.07, 6.45) is 0. The molecule has 1 aromatic carbocycles. The zero-order valence-corrected chi connectivity index (χ0v) is 12.8. The maximum atomic E-state index is 13.4. The molecule has 94 valence electrons. The van der Waals surface area contributed by atoms with Crippen LogP contribution >= 0.6 is 22.6 Å². The summed E-state index contributed by atoms with van der Waals surface area (Å²) in [7, 11) is 0. The third-order valence-corrected chi connectivity index (χ3v) is 3.65. The van der Waals surface area contributed by atoms with Gasteiger partial charge in [0.15, 0.2) is 0 Å². The van der Waals surface area contributed by atoms with Crippen LogP contribution in [0.2, 0.25) is 0 Å². The SMILES string of the molecule is CC(C)(C)c1ccc(-c2ccc(I)c(F)n2)cc1. The quantitative estimate of drug-likeness (QED) is 0.530. The predicted molar refractivity (Wildman–Crippen MR) is 81.0 cm³/mol. The second kappa shape index (κ2) is 4.96. The summed E-state index contributed by atoms with van der Waals surface area (Å²) in [5.74, 6) is -0.409. The van der Waals surface area contributed by atoms with E-state index in [0.717, 1.165) is 5.56 Å². The van der Waals surface area contributed by atoms with E-state index in [2.05, 4.69) is 37.9 Å². The summed E-state index contributed by atoms with van der Waals surface area (Å²) in [5, 5.41) is 0. The molecule has 2 rings (SSSR count). The Balaban J connectivity index is 2.37. The highest BCUT2D eigenvalue weighted by Crippen LogP contribution is 2.25. The lowest BCUT2D eigenvalue weighted by Crippen LogP contribution is -2.10. The van der Waals surface area contributed by atoms with E-state index < -0.39 is 5.95 Å². The second-order valence-corrected chi connectivity index (χ2v) is 6.46. The average Bonchev–Trinajstić information content (AvgIpc) is 2.32. The fraction of sp³-hybridized carbons (Fsp3) is 0.267. The number of benzene rings is 1. The molecule has 0 bridgehead atoms. The zero-order valence-electron chi connectivity index (χ0n) is 10.7. The summed E-state index contributed by atoms with van der Waals surface area (Å²) in [5.41, 5.74) is 3.01. The lowest BCUT2D eigenvalue weighted by molar-refractivity contribution is 0.577. The third-order valence-electron chi connectivity index (χ3n) is 2.85. The Morgan fingerprint density at radius 1 is 1.00 bits per heavy atom. The van der Waals surface area contributed by atoms with Crippen molar-refractivity contribution in [1.82, 2.24) is 4.98 Å². The van der Waals surface area contributed by atoms with E-state index in [4.69, 9.17) is 0 Å². The number of halogens is 2. The number of hydrogen-bond acceptors (Lipinski definition) is 1. The average molecular weight is 355 g/mol. The minimum absolute atomic E-state index is 0.128. The van der Waals surface area contributed by atoms with Gasteiger partial charge in [-0.25, -0.2) is 4.98 Å². The Hall–Kier alpha value is -0.970. The predicted octanol–water partition coefficient (Wildman–Crippen LogP) is 4.79. The van der Waals surface area contributed by atoms with Crippen molar-refractivity contribution in [1.29, 1.82) is 0 Å². The van der Waals surface area contributed by atoms with Crippen molar-refractivity contribution in [3.63, 3.8) is 0 Å². The zero-order chi connectivity index (χ0) is 13.3. The molecule has 0 radical (unpaired) electrons. The van der Waals surface area contributed by atoms with Crippen molar-refractivity contribution >= 4 is 22.6 Å². The van der Waals surface area contributed by atoms with Crippen LogP contribution in [0.3, 0.4) is 0 Å². The van der Waals surface area contributed by atoms with Gasteiger partial charge < -0.3 is 0 Å². The van der Waals surface area contributed by atoms with Gasteiger partial charge >= 0.3 is 0 Å². The van der Waals surface area contributed by atoms with Gasteiger partial charge in [0.2, 0.25) is 5.95 Å². The van der Waals surface area contributed by atoms with Gasteiger partial charge in [-0.15, -0.1) is 0 Å². The van der Waals surface area contributed by atoms with Crippen LogP contribution in [0.5, 0.6) is 0 Å². The second-order valence-electron chi connectivity index (χ2n) is 5.30. The lowest BCUT2D eigenvalue weighted by Gasteiger charge is -2.19. The molecule has 0 atom stereocenters. The number of pyridine rings is 1. The Labute approximate surface area is 121 Å². The summed E-state index contributed by atoms with van der Waals surface area (Å²) in [6, 6.07) is 11.7. The van der Waals surface area contributed by atoms with Crippen molar-refractivity contribution in [2.45, 2.75) is 26.2 Å². The molecule has 18 heavy (non-hydrogen) atoms. The number of nitrogens with zero attached hydrogens (tertiary/aromatic N) is 1. The fourth-order valence-corrected chi connectivity index (χ4v) is 2.02. The van der Waals surface area contributed by atoms with Crippen LogP contribution in [0, 0.1) is 9.52 Å². The molecule has 1 nitrogen and oxygen atoms in total. The van der Waals surface area contributed by atoms with E-state index in [-0.39, 0.29) is 5.41 Å². The Morgan fingerprint density at radius 2 is 1.61 bits per heavy atom. The fourth-order valence-electron chi connectivity index (χ4n) is 1.72. The minimum Gasteiger partial charge on any atom is -0.219 e. The van der Waals surface area contributed by atoms with E-state index in [1.807, 2.05) is 40.8 Å². The van der Waals surface area contributed by atoms with E-state index in [1.165, 1.54) is 5.56 Å². The Kier molecular flexibility index (Phi) is 3.71. The Morgan fingerprint density at radius 3 is 2.11 bits per heavy atom. The van der Waals surface area contributed by atoms with Crippen molar-refractivity contribution in [2.75, 3.05) is 0 Å². The first-order valence-electron chi connectivity index (χ1n) is 5.81. The van der Waals surface area contributed by atoms with Gasteiger partial charge in [0.25, 0.3) is 0 Å². The highest BCUT2D eigenvalue weighted by atomic mass is 127. The molecular formula is C15H15FIN. The first kappa shape index (κ1) is 13.5. The van der Waals surface area contributed by atoms with Crippen LogP contribution in [-0.2, 0) is 5.41 Å². The summed E-state index contributed by atoms with van der Waals surface area (Å²) >= 11 is 1.94. The molecule has 0 saturated carbocycles. The van der Waals surface area contributed by atoms with Gasteiger partial charge in [-0.05, 0) is 45.7 Å². The van der Waals surface area contributed by atoms with E-state index in [9.17, 15) is 4.39 Å². The number of rotatable bonds is 1. The molecule has 0 spiro atoms. The van der Waals surface area contributed by atoms with E-state index >= 15 is 0 Å². The Bertz CT molecular complexity index is 556. The van der Waals surface area contributed by atoms with Crippen LogP contribution in [0.25, 0.3) is 11.3 Å². The number of aromatic nitrogens is 1. The number of hydrogen-bond donors (Lipinski definition) is 0. The molecule has 1 aromatic heterocycles. The van der Waals surface area contributed by atoms with Gasteiger partial charge in [-0.1, -0.05) is 45.0 Å². The van der Waals surface area contributed by atoms with Crippen LogP contribution in [0.4, 0.5) is 4.39 Å². The van der Waals surface area contributed by atoms with Gasteiger partial charge in [0.1, 0.15) is 0 Å². The molecule has 0 amide bonds. The van der Waals surface area contributed by atoms with Gasteiger partial charge in [-0.2, -0.15) is 4.39 Å². The maximum Gasteiger partial charge on any atom is 0.226 e. The van der Waals surface area contributed by atoms with Crippen LogP contribution in [0.1, 0.15) is 26.3 Å². The first-order chi connectivity index (χ1) is 8.38. The highest BCUT2D eigenvalue weighted by molar-refractivity contribution is 14.1. The molecule has 0 unspecified atom stereocenters. The molecule has 0 aliphatic rings. The smallest absolute Gasteiger partial charge is 0.219 e. The normalized spacial score (nSPS) is 11.6. The molecule has 0 saturated heterocycles. The van der Waals surface area contributed by atoms with Crippen LogP contribution in [-0.4, -0.2) is 4.98 Å². The van der Waals surface area contributed by atoms with Crippen molar-refractivity contribution in [2.24, 2.45) is 0 Å². The van der Waals surface area contributed by atoms with Crippen LogP contribution < -0.4 is 0 Å². The lowest BCUT2D eigenvalue weighted by atomic mass is 9.86. The molecule has 0 aliphatic carbocycles. The largest absolute Gasteiger partial charge is 0.226 e.